The fourth-order valence-electron chi connectivity index (χ4n) is 3.53. The smallest absolute Gasteiger partial charge is 0.417 e. The van der Waals surface area contributed by atoms with Gasteiger partial charge in [0, 0.05) is 41.0 Å². The Morgan fingerprint density at radius 3 is 2.53 bits per heavy atom. The Morgan fingerprint density at radius 2 is 1.80 bits per heavy atom. The molecule has 6 nitrogen and oxygen atoms in total. The van der Waals surface area contributed by atoms with Crippen LogP contribution in [-0.2, 0) is 12.7 Å². The molecule has 2 aromatic heterocycles. The molecule has 0 N–H and O–H groups in total. The lowest BCUT2D eigenvalue weighted by Crippen LogP contribution is -2.25. The number of carbonyl (C=O) groups excluding carboxylic acids is 1. The quantitative estimate of drug-likeness (QED) is 0.604. The highest BCUT2D eigenvalue weighted by Crippen LogP contribution is 2.35. The predicted octanol–water partition coefficient (Wildman–Crippen LogP) is 3.89. The minimum atomic E-state index is -4.60. The molecule has 0 atom stereocenters. The van der Waals surface area contributed by atoms with Gasteiger partial charge in [-0.05, 0) is 38.1 Å². The lowest BCUT2D eigenvalue weighted by molar-refractivity contribution is -0.138. The molecule has 3 aromatic rings. The first-order chi connectivity index (χ1) is 14.1. The summed E-state index contributed by atoms with van der Waals surface area (Å²) < 4.78 is 52.1. The van der Waals surface area contributed by atoms with Crippen molar-refractivity contribution in [3.05, 3.63) is 75.5 Å². The first-order valence-electron chi connectivity index (χ1n) is 9.05. The number of aromatic nitrogens is 2. The number of halogens is 3. The average Bonchev–Trinajstić information content (AvgIpc) is 3.25. The highest BCUT2D eigenvalue weighted by molar-refractivity contribution is 5.97. The summed E-state index contributed by atoms with van der Waals surface area (Å²) in [5.41, 5.74) is 0.781. The van der Waals surface area contributed by atoms with E-state index in [-0.39, 0.29) is 6.79 Å². The molecule has 0 amide bonds. The van der Waals surface area contributed by atoms with Gasteiger partial charge in [-0.3, -0.25) is 9.59 Å². The van der Waals surface area contributed by atoms with Gasteiger partial charge in [-0.2, -0.15) is 13.2 Å². The van der Waals surface area contributed by atoms with Crippen LogP contribution >= 0.6 is 0 Å². The number of aryl methyl sites for hydroxylation is 1. The first-order valence-corrected chi connectivity index (χ1v) is 9.05. The van der Waals surface area contributed by atoms with Gasteiger partial charge in [-0.15, -0.1) is 0 Å². The van der Waals surface area contributed by atoms with Gasteiger partial charge in [0.1, 0.15) is 0 Å². The maximum atomic E-state index is 12.9. The van der Waals surface area contributed by atoms with Crippen LogP contribution < -0.4 is 15.0 Å². The zero-order valence-electron chi connectivity index (χ0n) is 16.1. The molecule has 0 aliphatic carbocycles. The van der Waals surface area contributed by atoms with Gasteiger partial charge < -0.3 is 18.6 Å². The van der Waals surface area contributed by atoms with Crippen molar-refractivity contribution in [2.24, 2.45) is 0 Å². The van der Waals surface area contributed by atoms with Gasteiger partial charge in [-0.25, -0.2) is 0 Å². The Hall–Kier alpha value is -3.49. The fraction of sp³-hybridized carbons (Fsp3) is 0.238. The van der Waals surface area contributed by atoms with Crippen molar-refractivity contribution in [3.8, 4) is 17.2 Å². The monoisotopic (exact) mass is 418 g/mol. The van der Waals surface area contributed by atoms with Crippen LogP contribution in [0.4, 0.5) is 13.2 Å². The molecular formula is C21H17F3N2O4. The van der Waals surface area contributed by atoms with Crippen LogP contribution in [-0.4, -0.2) is 21.7 Å². The SMILES string of the molecule is Cc1cc(C(=O)Cn2cc(C(F)(F)F)ccc2=O)c(C)n1-c1ccc2c(c1)OCO2. The molecule has 4 rings (SSSR count). The number of ketones is 1. The lowest BCUT2D eigenvalue weighted by atomic mass is 10.1. The molecule has 0 saturated carbocycles. The third-order valence-corrected chi connectivity index (χ3v) is 4.97. The molecule has 9 heteroatoms. The number of alkyl halides is 3. The number of Topliss-reactive ketones (excluding diaryl/α,β-unsaturated/α-hetero) is 1. The Labute approximate surface area is 169 Å². The van der Waals surface area contributed by atoms with Crippen LogP contribution in [0.3, 0.4) is 0 Å². The van der Waals surface area contributed by atoms with E-state index in [0.29, 0.717) is 35.0 Å². The minimum Gasteiger partial charge on any atom is -0.454 e. The van der Waals surface area contributed by atoms with E-state index < -0.39 is 29.6 Å². The maximum absolute atomic E-state index is 12.9. The summed E-state index contributed by atoms with van der Waals surface area (Å²) in [5.74, 6) is 0.751. The molecule has 0 bridgehead atoms. The van der Waals surface area contributed by atoms with Crippen LogP contribution in [0.5, 0.6) is 11.5 Å². The average molecular weight is 418 g/mol. The zero-order valence-corrected chi connectivity index (χ0v) is 16.1. The van der Waals surface area contributed by atoms with Crippen LogP contribution in [0.2, 0.25) is 0 Å². The van der Waals surface area contributed by atoms with E-state index in [1.54, 1.807) is 25.1 Å². The summed E-state index contributed by atoms with van der Waals surface area (Å²) in [6.45, 7) is 3.19. The molecule has 0 fully saturated rings. The third-order valence-electron chi connectivity index (χ3n) is 4.97. The topological polar surface area (TPSA) is 62.5 Å². The fourth-order valence-corrected chi connectivity index (χ4v) is 3.53. The standard InChI is InChI=1S/C21H17F3N2O4/c1-12-7-16(13(2)26(12)15-4-5-18-19(8-15)30-11-29-18)17(27)10-25-9-14(21(22,23)24)3-6-20(25)28/h3-9H,10-11H2,1-2H3. The molecule has 0 radical (unpaired) electrons. The molecule has 156 valence electrons. The van der Waals surface area contributed by atoms with Crippen LogP contribution in [0, 0.1) is 13.8 Å². The Kier molecular flexibility index (Phi) is 4.68. The van der Waals surface area contributed by atoms with E-state index in [4.69, 9.17) is 9.47 Å². The van der Waals surface area contributed by atoms with Crippen molar-refractivity contribution in [1.82, 2.24) is 9.13 Å². The van der Waals surface area contributed by atoms with E-state index >= 15 is 0 Å². The Bertz CT molecular complexity index is 1210. The van der Waals surface area contributed by atoms with Crippen molar-refractivity contribution in [2.75, 3.05) is 6.79 Å². The maximum Gasteiger partial charge on any atom is 0.417 e. The number of nitrogens with zero attached hydrogens (tertiary/aromatic N) is 2. The molecule has 30 heavy (non-hydrogen) atoms. The van der Waals surface area contributed by atoms with Crippen molar-refractivity contribution >= 4 is 5.78 Å². The lowest BCUT2D eigenvalue weighted by Gasteiger charge is -2.12. The van der Waals surface area contributed by atoms with E-state index in [2.05, 4.69) is 0 Å². The Morgan fingerprint density at radius 1 is 1.07 bits per heavy atom. The number of carbonyl (C=O) groups is 1. The van der Waals surface area contributed by atoms with Crippen LogP contribution in [0.1, 0.15) is 27.3 Å². The predicted molar refractivity (Wildman–Crippen MR) is 101 cm³/mol. The second-order valence-corrected chi connectivity index (χ2v) is 6.96. The number of ether oxygens (including phenoxy) is 2. The molecule has 1 aromatic carbocycles. The van der Waals surface area contributed by atoms with E-state index in [0.717, 1.165) is 22.0 Å². The second-order valence-electron chi connectivity index (χ2n) is 6.96. The molecule has 0 saturated heterocycles. The van der Waals surface area contributed by atoms with E-state index in [9.17, 15) is 22.8 Å². The van der Waals surface area contributed by atoms with Gasteiger partial charge in [0.15, 0.2) is 17.3 Å². The van der Waals surface area contributed by atoms with Gasteiger partial charge in [0.05, 0.1) is 12.1 Å². The van der Waals surface area contributed by atoms with E-state index in [1.807, 2.05) is 17.6 Å². The number of rotatable bonds is 4. The number of benzene rings is 1. The molecule has 3 heterocycles. The summed E-state index contributed by atoms with van der Waals surface area (Å²) in [5, 5.41) is 0. The Balaban J connectivity index is 1.67. The molecular weight excluding hydrogens is 401 g/mol. The molecule has 1 aliphatic heterocycles. The number of fused-ring (bicyclic) bond motifs is 1. The highest BCUT2D eigenvalue weighted by atomic mass is 19.4. The van der Waals surface area contributed by atoms with Gasteiger partial charge in [0.25, 0.3) is 5.56 Å². The van der Waals surface area contributed by atoms with Crippen LogP contribution in [0.25, 0.3) is 5.69 Å². The highest BCUT2D eigenvalue weighted by Gasteiger charge is 2.31. The van der Waals surface area contributed by atoms with Crippen molar-refractivity contribution < 1.29 is 27.4 Å². The largest absolute Gasteiger partial charge is 0.454 e. The zero-order chi connectivity index (χ0) is 21.6. The number of hydrogen-bond donors (Lipinski definition) is 0. The first kappa shape index (κ1) is 19.8. The molecule has 1 aliphatic rings. The molecule has 0 spiro atoms. The van der Waals surface area contributed by atoms with Gasteiger partial charge in [0.2, 0.25) is 6.79 Å². The van der Waals surface area contributed by atoms with Crippen LogP contribution in [0.15, 0.2) is 47.4 Å². The van der Waals surface area contributed by atoms with Gasteiger partial charge in [-0.1, -0.05) is 0 Å². The summed E-state index contributed by atoms with van der Waals surface area (Å²) in [6, 6.07) is 8.54. The number of pyridine rings is 1. The van der Waals surface area contributed by atoms with Crippen molar-refractivity contribution in [2.45, 2.75) is 26.6 Å². The summed E-state index contributed by atoms with van der Waals surface area (Å²) in [6.07, 6.45) is -3.94. The number of hydrogen-bond acceptors (Lipinski definition) is 4. The summed E-state index contributed by atoms with van der Waals surface area (Å²) in [4.78, 5) is 24.8. The normalized spacial score (nSPS) is 13.0. The minimum absolute atomic E-state index is 0.137. The summed E-state index contributed by atoms with van der Waals surface area (Å²) >= 11 is 0. The van der Waals surface area contributed by atoms with E-state index in [1.165, 1.54) is 0 Å². The third kappa shape index (κ3) is 3.47. The van der Waals surface area contributed by atoms with Crippen molar-refractivity contribution in [1.29, 1.82) is 0 Å². The second kappa shape index (κ2) is 7.08. The summed E-state index contributed by atoms with van der Waals surface area (Å²) in [7, 11) is 0. The molecule has 0 unspecified atom stereocenters. The van der Waals surface area contributed by atoms with Crippen molar-refractivity contribution in [3.63, 3.8) is 0 Å². The van der Waals surface area contributed by atoms with Gasteiger partial charge >= 0.3 is 6.18 Å².